The summed E-state index contributed by atoms with van der Waals surface area (Å²) < 4.78 is 10.0. The Morgan fingerprint density at radius 1 is 1.43 bits per heavy atom. The molecule has 84 valence electrons. The van der Waals surface area contributed by atoms with E-state index in [-0.39, 0.29) is 6.61 Å². The third-order valence-electron chi connectivity index (χ3n) is 1.61. The number of unbranched alkanes of at least 4 members (excludes halogenated alkanes) is 1. The zero-order chi connectivity index (χ0) is 10.8. The van der Waals surface area contributed by atoms with Crippen LogP contribution in [-0.2, 0) is 14.3 Å². The minimum Gasteiger partial charge on any atom is -0.462 e. The van der Waals surface area contributed by atoms with Crippen molar-refractivity contribution in [3.63, 3.8) is 0 Å². The molecule has 0 rings (SSSR count). The molecular weight excluding hydrogens is 202 g/mol. The molecule has 0 aliphatic rings. The third kappa shape index (κ3) is 7.17. The van der Waals surface area contributed by atoms with Crippen molar-refractivity contribution < 1.29 is 14.3 Å². The number of carbonyl (C=O) groups is 1. The molecule has 0 spiro atoms. The molecule has 1 atom stereocenters. The quantitative estimate of drug-likeness (QED) is 0.358. The standard InChI is InChI=1S/C9H19NO3S/c1-2-3-4-12-5-6-13-9(11)8(10)7-14/h8,14H,2-7,10H2,1H3. The molecule has 5 heteroatoms. The molecule has 0 saturated heterocycles. The van der Waals surface area contributed by atoms with E-state index in [0.717, 1.165) is 12.8 Å². The summed E-state index contributed by atoms with van der Waals surface area (Å²) >= 11 is 3.89. The zero-order valence-electron chi connectivity index (χ0n) is 8.57. The molecule has 0 aliphatic heterocycles. The lowest BCUT2D eigenvalue weighted by atomic mass is 10.4. The van der Waals surface area contributed by atoms with Crippen molar-refractivity contribution in [1.82, 2.24) is 0 Å². The van der Waals surface area contributed by atoms with E-state index in [1.165, 1.54) is 0 Å². The van der Waals surface area contributed by atoms with Gasteiger partial charge in [-0.2, -0.15) is 12.6 Å². The second-order valence-electron chi connectivity index (χ2n) is 2.92. The Morgan fingerprint density at radius 3 is 2.71 bits per heavy atom. The van der Waals surface area contributed by atoms with Crippen molar-refractivity contribution in [1.29, 1.82) is 0 Å². The maximum Gasteiger partial charge on any atom is 0.323 e. The van der Waals surface area contributed by atoms with Crippen molar-refractivity contribution in [3.8, 4) is 0 Å². The van der Waals surface area contributed by atoms with Gasteiger partial charge in [0.15, 0.2) is 0 Å². The summed E-state index contributed by atoms with van der Waals surface area (Å²) in [6.45, 7) is 3.51. The lowest BCUT2D eigenvalue weighted by Gasteiger charge is -2.08. The predicted molar refractivity (Wildman–Crippen MR) is 58.5 cm³/mol. The summed E-state index contributed by atoms with van der Waals surface area (Å²) in [5.41, 5.74) is 5.39. The van der Waals surface area contributed by atoms with Crippen LogP contribution in [0.4, 0.5) is 0 Å². The molecule has 14 heavy (non-hydrogen) atoms. The molecule has 0 aromatic carbocycles. The average Bonchev–Trinajstić information content (AvgIpc) is 2.21. The second kappa shape index (κ2) is 9.30. The maximum absolute atomic E-state index is 11.0. The lowest BCUT2D eigenvalue weighted by Crippen LogP contribution is -2.34. The van der Waals surface area contributed by atoms with Crippen LogP contribution in [0.15, 0.2) is 0 Å². The van der Waals surface area contributed by atoms with Crippen molar-refractivity contribution in [2.75, 3.05) is 25.6 Å². The highest BCUT2D eigenvalue weighted by Gasteiger charge is 2.11. The fourth-order valence-corrected chi connectivity index (χ4v) is 0.880. The Balaban J connectivity index is 3.23. The second-order valence-corrected chi connectivity index (χ2v) is 3.29. The van der Waals surface area contributed by atoms with Crippen LogP contribution in [0.1, 0.15) is 19.8 Å². The number of carbonyl (C=O) groups excluding carboxylic acids is 1. The van der Waals surface area contributed by atoms with E-state index in [4.69, 9.17) is 15.2 Å². The van der Waals surface area contributed by atoms with Gasteiger partial charge in [-0.05, 0) is 6.42 Å². The molecule has 0 bridgehead atoms. The zero-order valence-corrected chi connectivity index (χ0v) is 9.46. The number of thiol groups is 1. The third-order valence-corrected chi connectivity index (χ3v) is 2.01. The summed E-state index contributed by atoms with van der Waals surface area (Å²) in [7, 11) is 0. The van der Waals surface area contributed by atoms with E-state index in [9.17, 15) is 4.79 Å². The molecule has 0 fully saturated rings. The van der Waals surface area contributed by atoms with E-state index in [2.05, 4.69) is 19.6 Å². The van der Waals surface area contributed by atoms with E-state index >= 15 is 0 Å². The van der Waals surface area contributed by atoms with E-state index in [1.54, 1.807) is 0 Å². The SMILES string of the molecule is CCCCOCCOC(=O)C(N)CS. The minimum absolute atomic E-state index is 0.268. The Hall–Kier alpha value is -0.260. The molecule has 0 amide bonds. The summed E-state index contributed by atoms with van der Waals surface area (Å²) in [5, 5.41) is 0. The van der Waals surface area contributed by atoms with Gasteiger partial charge in [-0.25, -0.2) is 0 Å². The van der Waals surface area contributed by atoms with Gasteiger partial charge in [0, 0.05) is 12.4 Å². The first-order chi connectivity index (χ1) is 6.72. The molecular formula is C9H19NO3S. The Morgan fingerprint density at radius 2 is 2.14 bits per heavy atom. The smallest absolute Gasteiger partial charge is 0.323 e. The molecule has 0 aromatic heterocycles. The van der Waals surface area contributed by atoms with Crippen LogP contribution in [0.5, 0.6) is 0 Å². The summed E-state index contributed by atoms with van der Waals surface area (Å²) in [5.74, 6) is -0.116. The van der Waals surface area contributed by atoms with Gasteiger partial charge in [0.2, 0.25) is 0 Å². The molecule has 4 nitrogen and oxygen atoms in total. The van der Waals surface area contributed by atoms with Gasteiger partial charge in [0.25, 0.3) is 0 Å². The fourth-order valence-electron chi connectivity index (χ4n) is 0.731. The van der Waals surface area contributed by atoms with Crippen LogP contribution in [0.25, 0.3) is 0 Å². The van der Waals surface area contributed by atoms with E-state index in [1.807, 2.05) is 0 Å². The average molecular weight is 221 g/mol. The number of hydrogen-bond acceptors (Lipinski definition) is 5. The molecule has 0 aliphatic carbocycles. The van der Waals surface area contributed by atoms with E-state index < -0.39 is 12.0 Å². The maximum atomic E-state index is 11.0. The molecule has 2 N–H and O–H groups in total. The minimum atomic E-state index is -0.631. The Bertz CT molecular complexity index is 155. The highest BCUT2D eigenvalue weighted by Crippen LogP contribution is 1.91. The number of ether oxygens (including phenoxy) is 2. The number of rotatable bonds is 8. The van der Waals surface area contributed by atoms with Gasteiger partial charge in [0.1, 0.15) is 12.6 Å². The topological polar surface area (TPSA) is 61.5 Å². The van der Waals surface area contributed by atoms with Gasteiger partial charge in [0.05, 0.1) is 6.61 Å². The van der Waals surface area contributed by atoms with Crippen LogP contribution in [-0.4, -0.2) is 37.6 Å². The normalized spacial score (nSPS) is 12.5. The number of nitrogens with two attached hydrogens (primary N) is 1. The van der Waals surface area contributed by atoms with Gasteiger partial charge < -0.3 is 15.2 Å². The van der Waals surface area contributed by atoms with Gasteiger partial charge in [-0.3, -0.25) is 4.79 Å². The first-order valence-corrected chi connectivity index (χ1v) is 5.46. The van der Waals surface area contributed by atoms with Crippen LogP contribution >= 0.6 is 12.6 Å². The van der Waals surface area contributed by atoms with Gasteiger partial charge >= 0.3 is 5.97 Å². The number of esters is 1. The molecule has 0 saturated carbocycles. The molecule has 1 unspecified atom stereocenters. The van der Waals surface area contributed by atoms with Crippen LogP contribution in [0, 0.1) is 0 Å². The van der Waals surface area contributed by atoms with Crippen LogP contribution in [0.3, 0.4) is 0 Å². The predicted octanol–water partition coefficient (Wildman–Crippen LogP) is 0.603. The lowest BCUT2D eigenvalue weighted by molar-refractivity contribution is -0.146. The summed E-state index contributed by atoms with van der Waals surface area (Å²) in [6.07, 6.45) is 2.13. The van der Waals surface area contributed by atoms with Crippen molar-refractivity contribution in [2.24, 2.45) is 5.73 Å². The van der Waals surface area contributed by atoms with Crippen molar-refractivity contribution in [2.45, 2.75) is 25.8 Å². The molecule has 0 heterocycles. The van der Waals surface area contributed by atoms with Crippen molar-refractivity contribution in [3.05, 3.63) is 0 Å². The van der Waals surface area contributed by atoms with Gasteiger partial charge in [-0.1, -0.05) is 13.3 Å². The largest absolute Gasteiger partial charge is 0.462 e. The summed E-state index contributed by atoms with van der Waals surface area (Å²) in [4.78, 5) is 11.0. The Labute approximate surface area is 90.5 Å². The Kier molecular flexibility index (Phi) is 9.13. The van der Waals surface area contributed by atoms with E-state index in [0.29, 0.717) is 19.0 Å². The summed E-state index contributed by atoms with van der Waals surface area (Å²) in [6, 6.07) is -0.631. The monoisotopic (exact) mass is 221 g/mol. The van der Waals surface area contributed by atoms with Crippen LogP contribution < -0.4 is 5.73 Å². The van der Waals surface area contributed by atoms with Crippen molar-refractivity contribution >= 4 is 18.6 Å². The number of hydrogen-bond donors (Lipinski definition) is 2. The molecule has 0 radical (unpaired) electrons. The highest BCUT2D eigenvalue weighted by atomic mass is 32.1. The fraction of sp³-hybridized carbons (Fsp3) is 0.889. The first-order valence-electron chi connectivity index (χ1n) is 4.83. The van der Waals surface area contributed by atoms with Gasteiger partial charge in [-0.15, -0.1) is 0 Å². The molecule has 0 aromatic rings. The van der Waals surface area contributed by atoms with Crippen LogP contribution in [0.2, 0.25) is 0 Å². The highest BCUT2D eigenvalue weighted by molar-refractivity contribution is 7.80. The first kappa shape index (κ1) is 13.7.